The van der Waals surface area contributed by atoms with Crippen LogP contribution in [0.3, 0.4) is 0 Å². The lowest BCUT2D eigenvalue weighted by Gasteiger charge is -2.23. The molecule has 0 aromatic carbocycles. The zero-order valence-electron chi connectivity index (χ0n) is 6.43. The van der Waals surface area contributed by atoms with Gasteiger partial charge in [-0.2, -0.15) is 0 Å². The van der Waals surface area contributed by atoms with Gasteiger partial charge in [-0.3, -0.25) is 4.90 Å². The molecule has 0 bridgehead atoms. The predicted molar refractivity (Wildman–Crippen MR) is 43.6 cm³/mol. The van der Waals surface area contributed by atoms with Gasteiger partial charge in [-0.15, -0.1) is 6.42 Å². The highest BCUT2D eigenvalue weighted by Gasteiger charge is 2.06. The van der Waals surface area contributed by atoms with Gasteiger partial charge in [0.2, 0.25) is 0 Å². The van der Waals surface area contributed by atoms with Crippen LogP contribution in [0.2, 0.25) is 0 Å². The average molecular weight is 135 g/mol. The molecule has 0 aromatic heterocycles. The van der Waals surface area contributed by atoms with Crippen molar-refractivity contribution < 1.29 is 0 Å². The summed E-state index contributed by atoms with van der Waals surface area (Å²) in [6.07, 6.45) is 8.64. The van der Waals surface area contributed by atoms with Gasteiger partial charge in [0.05, 0.1) is 6.54 Å². The van der Waals surface area contributed by atoms with Gasteiger partial charge in [0.25, 0.3) is 0 Å². The first-order valence-electron chi connectivity index (χ1n) is 3.64. The second-order valence-corrected chi connectivity index (χ2v) is 2.75. The van der Waals surface area contributed by atoms with E-state index < -0.39 is 0 Å². The summed E-state index contributed by atoms with van der Waals surface area (Å²) in [6, 6.07) is 0. The molecule has 10 heavy (non-hydrogen) atoms. The van der Waals surface area contributed by atoms with Crippen LogP contribution in [0.4, 0.5) is 0 Å². The summed E-state index contributed by atoms with van der Waals surface area (Å²) in [4.78, 5) is 2.29. The van der Waals surface area contributed by atoms with Crippen molar-refractivity contribution in [3.05, 3.63) is 11.6 Å². The highest BCUT2D eigenvalue weighted by Crippen LogP contribution is 2.06. The van der Waals surface area contributed by atoms with Crippen molar-refractivity contribution in [2.24, 2.45) is 0 Å². The number of nitrogens with zero attached hydrogens (tertiary/aromatic N) is 1. The first-order chi connectivity index (χ1) is 4.83. The van der Waals surface area contributed by atoms with Crippen molar-refractivity contribution in [1.82, 2.24) is 4.90 Å². The largest absolute Gasteiger partial charge is 0.288 e. The average Bonchev–Trinajstić information content (AvgIpc) is 1.88. The molecule has 0 N–H and O–H groups in total. The third-order valence-electron chi connectivity index (χ3n) is 1.73. The van der Waals surface area contributed by atoms with Crippen molar-refractivity contribution in [2.45, 2.75) is 13.3 Å². The van der Waals surface area contributed by atoms with E-state index in [4.69, 9.17) is 6.42 Å². The van der Waals surface area contributed by atoms with E-state index in [0.717, 1.165) is 26.1 Å². The minimum absolute atomic E-state index is 0.797. The van der Waals surface area contributed by atoms with Crippen molar-refractivity contribution in [3.8, 4) is 12.3 Å². The lowest BCUT2D eigenvalue weighted by atomic mass is 10.1. The summed E-state index contributed by atoms with van der Waals surface area (Å²) in [5, 5.41) is 0. The molecule has 0 aliphatic carbocycles. The molecule has 0 saturated heterocycles. The van der Waals surface area contributed by atoms with Crippen LogP contribution < -0.4 is 0 Å². The maximum absolute atomic E-state index is 5.19. The molecule has 0 fully saturated rings. The monoisotopic (exact) mass is 135 g/mol. The minimum atomic E-state index is 0.797. The third-order valence-corrected chi connectivity index (χ3v) is 1.73. The third kappa shape index (κ3) is 1.89. The fourth-order valence-electron chi connectivity index (χ4n) is 1.25. The standard InChI is InChI=1S/C9H13N/c1-3-6-10-7-4-5-9(2)8-10/h1,5H,4,6-8H2,2H3. The Morgan fingerprint density at radius 1 is 1.80 bits per heavy atom. The Labute approximate surface area is 62.7 Å². The van der Waals surface area contributed by atoms with Crippen LogP contribution in [-0.4, -0.2) is 24.5 Å². The summed E-state index contributed by atoms with van der Waals surface area (Å²) < 4.78 is 0. The SMILES string of the molecule is C#CCN1CCC=C(C)C1. The van der Waals surface area contributed by atoms with E-state index in [1.54, 1.807) is 0 Å². The van der Waals surface area contributed by atoms with E-state index >= 15 is 0 Å². The molecule has 1 nitrogen and oxygen atoms in total. The van der Waals surface area contributed by atoms with Gasteiger partial charge in [-0.25, -0.2) is 0 Å². The number of rotatable bonds is 1. The van der Waals surface area contributed by atoms with Crippen LogP contribution in [0, 0.1) is 12.3 Å². The van der Waals surface area contributed by atoms with Gasteiger partial charge in [0.15, 0.2) is 0 Å². The van der Waals surface area contributed by atoms with Crippen LogP contribution in [0.5, 0.6) is 0 Å². The van der Waals surface area contributed by atoms with E-state index in [-0.39, 0.29) is 0 Å². The Bertz CT molecular complexity index is 174. The fourth-order valence-corrected chi connectivity index (χ4v) is 1.25. The fraction of sp³-hybridized carbons (Fsp3) is 0.556. The first-order valence-corrected chi connectivity index (χ1v) is 3.64. The highest BCUT2D eigenvalue weighted by molar-refractivity contribution is 5.06. The maximum Gasteiger partial charge on any atom is 0.0601 e. The highest BCUT2D eigenvalue weighted by atomic mass is 15.1. The zero-order valence-corrected chi connectivity index (χ0v) is 6.43. The molecule has 1 aliphatic rings. The zero-order chi connectivity index (χ0) is 7.40. The van der Waals surface area contributed by atoms with Gasteiger partial charge in [-0.05, 0) is 13.3 Å². The van der Waals surface area contributed by atoms with Crippen molar-refractivity contribution in [1.29, 1.82) is 0 Å². The molecule has 1 aliphatic heterocycles. The maximum atomic E-state index is 5.19. The van der Waals surface area contributed by atoms with Gasteiger partial charge in [-0.1, -0.05) is 17.6 Å². The van der Waals surface area contributed by atoms with Gasteiger partial charge >= 0.3 is 0 Å². The summed E-state index contributed by atoms with van der Waals surface area (Å²) in [6.45, 7) is 5.14. The molecule has 0 radical (unpaired) electrons. The van der Waals surface area contributed by atoms with E-state index in [1.165, 1.54) is 5.57 Å². The lowest BCUT2D eigenvalue weighted by Crippen LogP contribution is -2.29. The molecule has 0 aromatic rings. The molecule has 0 atom stereocenters. The van der Waals surface area contributed by atoms with Crippen LogP contribution in [0.25, 0.3) is 0 Å². The summed E-state index contributed by atoms with van der Waals surface area (Å²) >= 11 is 0. The second kappa shape index (κ2) is 3.43. The van der Waals surface area contributed by atoms with E-state index in [9.17, 15) is 0 Å². The predicted octanol–water partition coefficient (Wildman–Crippen LogP) is 1.27. The Kier molecular flexibility index (Phi) is 2.53. The normalized spacial score (nSPS) is 19.8. The minimum Gasteiger partial charge on any atom is -0.288 e. The second-order valence-electron chi connectivity index (χ2n) is 2.75. The van der Waals surface area contributed by atoms with Crippen LogP contribution in [-0.2, 0) is 0 Å². The Morgan fingerprint density at radius 2 is 2.60 bits per heavy atom. The molecule has 0 amide bonds. The van der Waals surface area contributed by atoms with Gasteiger partial charge < -0.3 is 0 Å². The number of hydrogen-bond donors (Lipinski definition) is 0. The molecular weight excluding hydrogens is 122 g/mol. The van der Waals surface area contributed by atoms with Crippen LogP contribution in [0.15, 0.2) is 11.6 Å². The van der Waals surface area contributed by atoms with Crippen molar-refractivity contribution >= 4 is 0 Å². The summed E-state index contributed by atoms with van der Waals surface area (Å²) in [5.41, 5.74) is 1.45. The molecule has 1 rings (SSSR count). The van der Waals surface area contributed by atoms with Crippen molar-refractivity contribution in [2.75, 3.05) is 19.6 Å². The molecule has 54 valence electrons. The van der Waals surface area contributed by atoms with E-state index in [2.05, 4.69) is 23.8 Å². The molecule has 1 heterocycles. The molecule has 1 heteroatoms. The van der Waals surface area contributed by atoms with Gasteiger partial charge in [0.1, 0.15) is 0 Å². The summed E-state index contributed by atoms with van der Waals surface area (Å²) in [7, 11) is 0. The van der Waals surface area contributed by atoms with Crippen LogP contribution in [0.1, 0.15) is 13.3 Å². The van der Waals surface area contributed by atoms with Gasteiger partial charge in [0, 0.05) is 13.1 Å². The lowest BCUT2D eigenvalue weighted by molar-refractivity contribution is 0.326. The smallest absolute Gasteiger partial charge is 0.0601 e. The quantitative estimate of drug-likeness (QED) is 0.386. The summed E-state index contributed by atoms with van der Waals surface area (Å²) in [5.74, 6) is 2.66. The molecule has 0 saturated carbocycles. The van der Waals surface area contributed by atoms with Crippen LogP contribution >= 0.6 is 0 Å². The number of terminal acetylenes is 1. The number of hydrogen-bond acceptors (Lipinski definition) is 1. The Hall–Kier alpha value is -0.740. The molecular formula is C9H13N. The first kappa shape index (κ1) is 7.37. The van der Waals surface area contributed by atoms with E-state index in [1.807, 2.05) is 0 Å². The molecule has 0 unspecified atom stereocenters. The molecule has 0 spiro atoms. The van der Waals surface area contributed by atoms with E-state index in [0.29, 0.717) is 0 Å². The topological polar surface area (TPSA) is 3.24 Å². The Morgan fingerprint density at radius 3 is 3.20 bits per heavy atom. The Balaban J connectivity index is 2.39. The van der Waals surface area contributed by atoms with Crippen molar-refractivity contribution in [3.63, 3.8) is 0 Å².